The van der Waals surface area contributed by atoms with Crippen molar-refractivity contribution in [1.29, 1.82) is 0 Å². The Bertz CT molecular complexity index is 1100. The van der Waals surface area contributed by atoms with E-state index in [1.807, 2.05) is 30.3 Å². The molecule has 4 aromatic rings. The second kappa shape index (κ2) is 8.28. The molecule has 0 aliphatic carbocycles. The molecule has 0 fully saturated rings. The molecule has 6 N–H and O–H groups in total. The zero-order valence-corrected chi connectivity index (χ0v) is 15.4. The average molecular weight is 399 g/mol. The highest BCUT2D eigenvalue weighted by atomic mass is 19.4. The Morgan fingerprint density at radius 1 is 0.862 bits per heavy atom. The molecule has 29 heavy (non-hydrogen) atoms. The van der Waals surface area contributed by atoms with Crippen molar-refractivity contribution in [1.82, 2.24) is 4.98 Å². The first-order chi connectivity index (χ1) is 13.8. The fourth-order valence-electron chi connectivity index (χ4n) is 2.84. The maximum Gasteiger partial charge on any atom is 0.416 e. The fourth-order valence-corrected chi connectivity index (χ4v) is 2.84. The van der Waals surface area contributed by atoms with Crippen LogP contribution in [-0.2, 0) is 12.8 Å². The van der Waals surface area contributed by atoms with Crippen LogP contribution in [0.25, 0.3) is 22.0 Å². The molecule has 1 aromatic heterocycles. The Morgan fingerprint density at radius 3 is 2.21 bits per heavy atom. The predicted molar refractivity (Wildman–Crippen MR) is 110 cm³/mol. The molecular formula is C22H20F3N3O. The highest BCUT2D eigenvalue weighted by Crippen LogP contribution is 2.29. The number of anilines is 2. The number of hydrogen-bond donors (Lipinski definition) is 4. The molecule has 0 unspecified atom stereocenters. The molecule has 1 heterocycles. The second-order valence-corrected chi connectivity index (χ2v) is 6.48. The van der Waals surface area contributed by atoms with Crippen molar-refractivity contribution < 1.29 is 18.3 Å². The predicted octanol–water partition coefficient (Wildman–Crippen LogP) is 5.20. The van der Waals surface area contributed by atoms with E-state index in [4.69, 9.17) is 16.6 Å². The molecular weight excluding hydrogens is 379 g/mol. The number of aromatic nitrogens is 1. The topological polar surface area (TPSA) is 88.1 Å². The van der Waals surface area contributed by atoms with Crippen molar-refractivity contribution in [2.45, 2.75) is 12.8 Å². The van der Waals surface area contributed by atoms with Gasteiger partial charge in [-0.3, -0.25) is 0 Å². The summed E-state index contributed by atoms with van der Waals surface area (Å²) in [5, 5.41) is 10.2. The normalized spacial score (nSPS) is 11.2. The van der Waals surface area contributed by atoms with Crippen LogP contribution in [0.3, 0.4) is 0 Å². The molecule has 0 saturated heterocycles. The van der Waals surface area contributed by atoms with Gasteiger partial charge in [0.15, 0.2) is 0 Å². The summed E-state index contributed by atoms with van der Waals surface area (Å²) in [7, 11) is 0. The Morgan fingerprint density at radius 2 is 1.55 bits per heavy atom. The lowest BCUT2D eigenvalue weighted by Crippen LogP contribution is -2.04. The van der Waals surface area contributed by atoms with Gasteiger partial charge >= 0.3 is 6.18 Å². The summed E-state index contributed by atoms with van der Waals surface area (Å²) in [4.78, 5) is 3.12. The summed E-state index contributed by atoms with van der Waals surface area (Å²) in [6, 6.07) is 18.4. The lowest BCUT2D eigenvalue weighted by Gasteiger charge is -2.05. The van der Waals surface area contributed by atoms with Gasteiger partial charge in [-0.1, -0.05) is 24.3 Å². The first-order valence-corrected chi connectivity index (χ1v) is 8.77. The Balaban J connectivity index is 0.000000188. The smallest absolute Gasteiger partial charge is 0.399 e. The van der Waals surface area contributed by atoms with E-state index in [1.54, 1.807) is 6.20 Å². The summed E-state index contributed by atoms with van der Waals surface area (Å²) < 4.78 is 35.6. The molecule has 4 nitrogen and oxygen atoms in total. The van der Waals surface area contributed by atoms with E-state index in [-0.39, 0.29) is 6.61 Å². The van der Waals surface area contributed by atoms with Crippen molar-refractivity contribution >= 4 is 22.3 Å². The highest BCUT2D eigenvalue weighted by molar-refractivity contribution is 5.94. The minimum atomic E-state index is -4.27. The van der Waals surface area contributed by atoms with Gasteiger partial charge in [-0.05, 0) is 59.2 Å². The van der Waals surface area contributed by atoms with Crippen LogP contribution in [0.4, 0.5) is 24.5 Å². The number of H-pyrrole nitrogens is 1. The van der Waals surface area contributed by atoms with Gasteiger partial charge in [-0.25, -0.2) is 0 Å². The number of hydrogen-bond acceptors (Lipinski definition) is 3. The maximum absolute atomic E-state index is 11.9. The molecule has 0 saturated carbocycles. The number of nitrogen functional groups attached to an aromatic ring is 2. The third-order valence-electron chi connectivity index (χ3n) is 4.39. The Labute approximate surface area is 165 Å². The average Bonchev–Trinajstić information content (AvgIpc) is 3.08. The van der Waals surface area contributed by atoms with E-state index in [0.717, 1.165) is 45.4 Å². The van der Waals surface area contributed by atoms with Crippen molar-refractivity contribution in [3.8, 4) is 11.1 Å². The molecule has 0 aliphatic rings. The van der Waals surface area contributed by atoms with E-state index in [9.17, 15) is 13.2 Å². The van der Waals surface area contributed by atoms with Gasteiger partial charge in [0.1, 0.15) is 0 Å². The van der Waals surface area contributed by atoms with E-state index in [2.05, 4.69) is 17.1 Å². The number of nitrogens with one attached hydrogen (secondary N) is 1. The van der Waals surface area contributed by atoms with Gasteiger partial charge in [-0.2, -0.15) is 13.2 Å². The number of alkyl halides is 3. The van der Waals surface area contributed by atoms with Gasteiger partial charge < -0.3 is 21.6 Å². The summed E-state index contributed by atoms with van der Waals surface area (Å²) in [6.07, 6.45) is -2.47. The van der Waals surface area contributed by atoms with Gasteiger partial charge in [0.05, 0.1) is 17.9 Å². The Hall–Kier alpha value is -3.45. The third kappa shape index (κ3) is 4.89. The van der Waals surface area contributed by atoms with Crippen LogP contribution in [0.2, 0.25) is 0 Å². The number of benzene rings is 3. The molecule has 3 aromatic carbocycles. The van der Waals surface area contributed by atoms with Crippen LogP contribution in [0, 0.1) is 0 Å². The van der Waals surface area contributed by atoms with Crippen LogP contribution in [0.5, 0.6) is 0 Å². The molecule has 4 rings (SSSR count). The van der Waals surface area contributed by atoms with Crippen LogP contribution < -0.4 is 11.5 Å². The largest absolute Gasteiger partial charge is 0.416 e. The third-order valence-corrected chi connectivity index (χ3v) is 4.39. The summed E-state index contributed by atoms with van der Waals surface area (Å²) in [5.41, 5.74) is 15.7. The maximum atomic E-state index is 11.9. The van der Waals surface area contributed by atoms with Crippen molar-refractivity contribution in [2.24, 2.45) is 0 Å². The number of aliphatic hydroxyl groups is 1. The highest BCUT2D eigenvalue weighted by Gasteiger charge is 2.29. The lowest BCUT2D eigenvalue weighted by molar-refractivity contribution is -0.137. The molecule has 0 atom stereocenters. The number of aliphatic hydroxyl groups excluding tert-OH is 1. The minimum absolute atomic E-state index is 0.0579. The fraction of sp³-hybridized carbons (Fsp3) is 0.0909. The van der Waals surface area contributed by atoms with Crippen molar-refractivity contribution in [3.63, 3.8) is 0 Å². The first kappa shape index (κ1) is 20.3. The molecule has 0 radical (unpaired) electrons. The zero-order chi connectivity index (χ0) is 21.0. The molecule has 0 aliphatic heterocycles. The van der Waals surface area contributed by atoms with Crippen molar-refractivity contribution in [3.05, 3.63) is 84.1 Å². The monoisotopic (exact) mass is 399 g/mol. The molecule has 0 spiro atoms. The summed E-state index contributed by atoms with van der Waals surface area (Å²) in [6.45, 7) is 0.0579. The van der Waals surface area contributed by atoms with Gasteiger partial charge in [0.2, 0.25) is 0 Å². The molecule has 150 valence electrons. The number of nitrogens with two attached hydrogens (primary N) is 2. The zero-order valence-electron chi connectivity index (χ0n) is 15.4. The van der Waals surface area contributed by atoms with Gasteiger partial charge in [0, 0.05) is 22.8 Å². The number of aromatic amines is 1. The standard InChI is InChI=1S/C15H14N2O.C7H6F3N/c16-14-8-17-15-5-4-12(7-13(14)15)11-3-1-2-10(6-11)9-18;8-7(9,10)5-1-3-6(11)4-2-5/h1-8,17-18H,9,16H2;1-4H,11H2. The number of fused-ring (bicyclic) bond motifs is 1. The molecule has 0 amide bonds. The van der Waals surface area contributed by atoms with Crippen LogP contribution in [0.1, 0.15) is 11.1 Å². The SMILES string of the molecule is Nc1c[nH]c2ccc(-c3cccc(CO)c3)cc12.Nc1ccc(C(F)(F)F)cc1. The molecule has 0 bridgehead atoms. The van der Waals surface area contributed by atoms with Gasteiger partial charge in [0.25, 0.3) is 0 Å². The van der Waals surface area contributed by atoms with Gasteiger partial charge in [-0.15, -0.1) is 0 Å². The molecule has 7 heteroatoms. The summed E-state index contributed by atoms with van der Waals surface area (Å²) >= 11 is 0. The van der Waals surface area contributed by atoms with Crippen LogP contribution in [0.15, 0.2) is 72.9 Å². The van der Waals surface area contributed by atoms with Crippen molar-refractivity contribution in [2.75, 3.05) is 11.5 Å². The van der Waals surface area contributed by atoms with E-state index in [1.165, 1.54) is 12.1 Å². The quantitative estimate of drug-likeness (QED) is 0.350. The van der Waals surface area contributed by atoms with E-state index < -0.39 is 11.7 Å². The first-order valence-electron chi connectivity index (χ1n) is 8.77. The van der Waals surface area contributed by atoms with Crippen LogP contribution >= 0.6 is 0 Å². The summed E-state index contributed by atoms with van der Waals surface area (Å²) in [5.74, 6) is 0. The number of rotatable bonds is 2. The van der Waals surface area contributed by atoms with E-state index >= 15 is 0 Å². The van der Waals surface area contributed by atoms with Crippen LogP contribution in [-0.4, -0.2) is 10.1 Å². The lowest BCUT2D eigenvalue weighted by atomic mass is 10.0. The second-order valence-electron chi connectivity index (χ2n) is 6.48. The number of halogens is 3. The minimum Gasteiger partial charge on any atom is -0.399 e. The Kier molecular flexibility index (Phi) is 5.79. The van der Waals surface area contributed by atoms with E-state index in [0.29, 0.717) is 5.69 Å².